The predicted octanol–water partition coefficient (Wildman–Crippen LogP) is 3.79. The number of hydrogen-bond acceptors (Lipinski definition) is 3. The monoisotopic (exact) mass is 298 g/mol. The Kier molecular flexibility index (Phi) is 3.74. The second-order valence-electron chi connectivity index (χ2n) is 5.93. The first-order valence-corrected chi connectivity index (χ1v) is 7.57. The zero-order chi connectivity index (χ0) is 15.9. The van der Waals surface area contributed by atoms with Gasteiger partial charge in [-0.25, -0.2) is 4.98 Å². The molecule has 3 aromatic heterocycles. The fourth-order valence-electron chi connectivity index (χ4n) is 2.77. The van der Waals surface area contributed by atoms with E-state index in [0.717, 1.165) is 28.2 Å². The molecule has 3 aromatic rings. The summed E-state index contributed by atoms with van der Waals surface area (Å²) in [5, 5.41) is 4.43. The highest BCUT2D eigenvalue weighted by atomic mass is 16.5. The molecule has 0 amide bonds. The van der Waals surface area contributed by atoms with Crippen LogP contribution in [0.3, 0.4) is 0 Å². The fraction of sp³-hybridized carbons (Fsp3) is 0.412. The van der Waals surface area contributed by atoms with Crippen molar-refractivity contribution in [2.45, 2.75) is 39.8 Å². The summed E-state index contributed by atoms with van der Waals surface area (Å²) in [6.07, 6.45) is 5.98. The second-order valence-corrected chi connectivity index (χ2v) is 5.93. The van der Waals surface area contributed by atoms with Crippen molar-refractivity contribution in [1.29, 1.82) is 0 Å². The fourth-order valence-corrected chi connectivity index (χ4v) is 2.77. The van der Waals surface area contributed by atoms with E-state index >= 15 is 0 Å². The number of aromatic nitrogens is 4. The lowest BCUT2D eigenvalue weighted by Gasteiger charge is -2.15. The van der Waals surface area contributed by atoms with Crippen LogP contribution < -0.4 is 0 Å². The molecular formula is C17H22N4O. The second kappa shape index (κ2) is 5.57. The number of imidazole rings is 1. The lowest BCUT2D eigenvalue weighted by atomic mass is 10.1. The number of hydrogen-bond donors (Lipinski definition) is 0. The van der Waals surface area contributed by atoms with Gasteiger partial charge in [-0.3, -0.25) is 4.68 Å². The molecule has 3 heterocycles. The van der Waals surface area contributed by atoms with Gasteiger partial charge in [0, 0.05) is 42.9 Å². The zero-order valence-electron chi connectivity index (χ0n) is 13.7. The number of rotatable bonds is 4. The van der Waals surface area contributed by atoms with E-state index < -0.39 is 0 Å². The highest BCUT2D eigenvalue weighted by Crippen LogP contribution is 2.29. The quantitative estimate of drug-likeness (QED) is 0.736. The van der Waals surface area contributed by atoms with Gasteiger partial charge in [-0.15, -0.1) is 0 Å². The Bertz CT molecular complexity index is 800. The maximum absolute atomic E-state index is 5.53. The predicted molar refractivity (Wildman–Crippen MR) is 87.0 cm³/mol. The molecule has 5 heteroatoms. The van der Waals surface area contributed by atoms with Crippen LogP contribution in [0.25, 0.3) is 16.9 Å². The average Bonchev–Trinajstić information content (AvgIpc) is 3.10. The van der Waals surface area contributed by atoms with Crippen LogP contribution in [0.2, 0.25) is 0 Å². The van der Waals surface area contributed by atoms with Gasteiger partial charge in [-0.1, -0.05) is 0 Å². The SMILES string of the molecule is CO[C@H](C)c1cc(-c2ccnn2C(C)C)cn2cc(C)nc12. The van der Waals surface area contributed by atoms with Crippen LogP contribution in [0.1, 0.15) is 44.2 Å². The Labute approximate surface area is 130 Å². The number of aryl methyl sites for hydroxylation is 1. The highest BCUT2D eigenvalue weighted by molar-refractivity contribution is 5.65. The standard InChI is InChI=1S/C17H22N4O/c1-11(2)21-16(6-7-18-21)14-8-15(13(4)22-5)17-19-12(3)9-20(17)10-14/h6-11,13H,1-5H3/t13-/m1/s1. The van der Waals surface area contributed by atoms with E-state index in [9.17, 15) is 0 Å². The molecule has 0 saturated carbocycles. The number of ether oxygens (including phenoxy) is 1. The largest absolute Gasteiger partial charge is 0.377 e. The highest BCUT2D eigenvalue weighted by Gasteiger charge is 2.16. The van der Waals surface area contributed by atoms with Crippen LogP contribution >= 0.6 is 0 Å². The van der Waals surface area contributed by atoms with Crippen LogP contribution in [-0.4, -0.2) is 26.3 Å². The van der Waals surface area contributed by atoms with Gasteiger partial charge in [0.25, 0.3) is 0 Å². The van der Waals surface area contributed by atoms with Gasteiger partial charge in [0.1, 0.15) is 5.65 Å². The third-order valence-electron chi connectivity index (χ3n) is 3.95. The van der Waals surface area contributed by atoms with E-state index in [2.05, 4.69) is 40.6 Å². The Morgan fingerprint density at radius 2 is 1.95 bits per heavy atom. The van der Waals surface area contributed by atoms with Gasteiger partial charge in [-0.05, 0) is 39.8 Å². The van der Waals surface area contributed by atoms with Crippen molar-refractivity contribution in [1.82, 2.24) is 19.2 Å². The summed E-state index contributed by atoms with van der Waals surface area (Å²) in [5.74, 6) is 0. The number of fused-ring (bicyclic) bond motifs is 1. The molecule has 0 aliphatic carbocycles. The van der Waals surface area contributed by atoms with Gasteiger partial charge >= 0.3 is 0 Å². The van der Waals surface area contributed by atoms with Crippen molar-refractivity contribution in [2.75, 3.05) is 7.11 Å². The lowest BCUT2D eigenvalue weighted by Crippen LogP contribution is -2.06. The van der Waals surface area contributed by atoms with Crippen molar-refractivity contribution in [3.8, 4) is 11.3 Å². The average molecular weight is 298 g/mol. The minimum absolute atomic E-state index is 0.0142. The first kappa shape index (κ1) is 14.8. The van der Waals surface area contributed by atoms with E-state index in [0.29, 0.717) is 6.04 Å². The Morgan fingerprint density at radius 3 is 2.64 bits per heavy atom. The number of nitrogens with zero attached hydrogens (tertiary/aromatic N) is 4. The summed E-state index contributed by atoms with van der Waals surface area (Å²) in [7, 11) is 1.72. The molecule has 0 unspecified atom stereocenters. The number of methoxy groups -OCH3 is 1. The third-order valence-corrected chi connectivity index (χ3v) is 3.95. The maximum Gasteiger partial charge on any atom is 0.142 e. The first-order valence-electron chi connectivity index (χ1n) is 7.57. The Balaban J connectivity index is 2.24. The van der Waals surface area contributed by atoms with Crippen molar-refractivity contribution >= 4 is 5.65 Å². The van der Waals surface area contributed by atoms with E-state index in [1.165, 1.54) is 0 Å². The molecule has 5 nitrogen and oxygen atoms in total. The summed E-state index contributed by atoms with van der Waals surface area (Å²) in [6.45, 7) is 8.32. The first-order chi connectivity index (χ1) is 10.5. The maximum atomic E-state index is 5.53. The van der Waals surface area contributed by atoms with Crippen molar-refractivity contribution in [3.05, 3.63) is 42.0 Å². The summed E-state index contributed by atoms with van der Waals surface area (Å²) in [5.41, 5.74) is 5.26. The molecule has 0 aliphatic heterocycles. The van der Waals surface area contributed by atoms with Crippen LogP contribution in [0.5, 0.6) is 0 Å². The van der Waals surface area contributed by atoms with E-state index in [1.807, 2.05) is 37.0 Å². The molecule has 0 saturated heterocycles. The molecule has 0 aliphatic rings. The summed E-state index contributed by atoms with van der Waals surface area (Å²) in [6, 6.07) is 4.52. The summed E-state index contributed by atoms with van der Waals surface area (Å²) < 4.78 is 9.64. The molecule has 1 atom stereocenters. The van der Waals surface area contributed by atoms with Crippen LogP contribution in [0, 0.1) is 6.92 Å². The molecule has 3 rings (SSSR count). The topological polar surface area (TPSA) is 44.4 Å². The normalized spacial score (nSPS) is 13.2. The van der Waals surface area contributed by atoms with E-state index in [1.54, 1.807) is 7.11 Å². The smallest absolute Gasteiger partial charge is 0.142 e. The van der Waals surface area contributed by atoms with E-state index in [4.69, 9.17) is 4.74 Å². The Morgan fingerprint density at radius 1 is 1.18 bits per heavy atom. The van der Waals surface area contributed by atoms with Crippen LogP contribution in [0.4, 0.5) is 0 Å². The molecule has 0 N–H and O–H groups in total. The van der Waals surface area contributed by atoms with Gasteiger partial charge in [0.2, 0.25) is 0 Å². The molecule has 0 fully saturated rings. The molecule has 0 aromatic carbocycles. The zero-order valence-corrected chi connectivity index (χ0v) is 13.7. The van der Waals surface area contributed by atoms with Crippen LogP contribution in [-0.2, 0) is 4.74 Å². The van der Waals surface area contributed by atoms with Crippen molar-refractivity contribution in [2.24, 2.45) is 0 Å². The molecule has 22 heavy (non-hydrogen) atoms. The molecule has 116 valence electrons. The third kappa shape index (κ3) is 2.41. The minimum atomic E-state index is -0.0142. The van der Waals surface area contributed by atoms with Gasteiger partial charge in [0.15, 0.2) is 0 Å². The lowest BCUT2D eigenvalue weighted by molar-refractivity contribution is 0.120. The molecular weight excluding hydrogens is 276 g/mol. The van der Waals surface area contributed by atoms with E-state index in [-0.39, 0.29) is 6.10 Å². The Hall–Kier alpha value is -2.14. The van der Waals surface area contributed by atoms with Crippen molar-refractivity contribution < 1.29 is 4.74 Å². The number of pyridine rings is 1. The summed E-state index contributed by atoms with van der Waals surface area (Å²) >= 11 is 0. The van der Waals surface area contributed by atoms with Gasteiger partial charge in [-0.2, -0.15) is 5.10 Å². The van der Waals surface area contributed by atoms with Gasteiger partial charge in [0.05, 0.1) is 17.5 Å². The molecule has 0 radical (unpaired) electrons. The minimum Gasteiger partial charge on any atom is -0.377 e. The van der Waals surface area contributed by atoms with Crippen LogP contribution in [0.15, 0.2) is 30.7 Å². The molecule has 0 spiro atoms. The van der Waals surface area contributed by atoms with Crippen molar-refractivity contribution in [3.63, 3.8) is 0 Å². The van der Waals surface area contributed by atoms with Gasteiger partial charge < -0.3 is 9.14 Å². The summed E-state index contributed by atoms with van der Waals surface area (Å²) in [4.78, 5) is 4.62. The molecule has 0 bridgehead atoms.